The van der Waals surface area contributed by atoms with Crippen LogP contribution in [0.25, 0.3) is 0 Å². The molecule has 1 heteroatoms. The maximum atomic E-state index is 13.1. The van der Waals surface area contributed by atoms with Gasteiger partial charge in [0.1, 0.15) is 0 Å². The van der Waals surface area contributed by atoms with E-state index in [9.17, 15) is 4.39 Å². The summed E-state index contributed by atoms with van der Waals surface area (Å²) in [7, 11) is 0. The smallest absolute Gasteiger partial charge is 0.0987 e. The van der Waals surface area contributed by atoms with E-state index in [4.69, 9.17) is 0 Å². The largest absolute Gasteiger partial charge is 0.212 e. The lowest BCUT2D eigenvalue weighted by molar-refractivity contribution is 0.314. The third kappa shape index (κ3) is 2.80. The highest BCUT2D eigenvalue weighted by Gasteiger charge is 2.19. The highest BCUT2D eigenvalue weighted by atomic mass is 19.1. The molecule has 0 rings (SSSR count). The monoisotopic (exact) mass is 170 g/mol. The van der Waals surface area contributed by atoms with E-state index >= 15 is 0 Å². The molecule has 0 aliphatic carbocycles. The van der Waals surface area contributed by atoms with Crippen LogP contribution in [-0.2, 0) is 0 Å². The molecule has 0 bridgehead atoms. The standard InChI is InChI=1S/C11H19F/c1-6-8(3)9(4)10(5)11(12)7-2/h6-10H,1H2,2-5H3/b11-7+. The van der Waals surface area contributed by atoms with Crippen molar-refractivity contribution < 1.29 is 4.39 Å². The zero-order valence-corrected chi connectivity index (χ0v) is 8.47. The molecule has 0 amide bonds. The highest BCUT2D eigenvalue weighted by molar-refractivity contribution is 4.98. The van der Waals surface area contributed by atoms with E-state index in [1.54, 1.807) is 6.92 Å². The zero-order valence-electron chi connectivity index (χ0n) is 8.47. The topological polar surface area (TPSA) is 0 Å². The second-order valence-corrected chi connectivity index (χ2v) is 3.42. The molecule has 0 aliphatic rings. The maximum Gasteiger partial charge on any atom is 0.0987 e. The molecule has 0 aromatic heterocycles. The molecule has 3 atom stereocenters. The summed E-state index contributed by atoms with van der Waals surface area (Å²) in [6, 6.07) is 0. The van der Waals surface area contributed by atoms with Gasteiger partial charge in [0, 0.05) is 5.92 Å². The minimum Gasteiger partial charge on any atom is -0.212 e. The van der Waals surface area contributed by atoms with Gasteiger partial charge in [-0.25, -0.2) is 4.39 Å². The van der Waals surface area contributed by atoms with E-state index in [1.807, 2.05) is 13.0 Å². The molecule has 0 aromatic carbocycles. The molecule has 0 spiro atoms. The van der Waals surface area contributed by atoms with E-state index in [2.05, 4.69) is 20.4 Å². The van der Waals surface area contributed by atoms with Crippen molar-refractivity contribution in [2.75, 3.05) is 0 Å². The van der Waals surface area contributed by atoms with Gasteiger partial charge in [0.25, 0.3) is 0 Å². The molecule has 0 aromatic rings. The molecule has 0 saturated heterocycles. The van der Waals surface area contributed by atoms with Gasteiger partial charge < -0.3 is 0 Å². The van der Waals surface area contributed by atoms with Gasteiger partial charge in [-0.15, -0.1) is 6.58 Å². The summed E-state index contributed by atoms with van der Waals surface area (Å²) in [4.78, 5) is 0. The van der Waals surface area contributed by atoms with Gasteiger partial charge in [-0.2, -0.15) is 0 Å². The van der Waals surface area contributed by atoms with Crippen molar-refractivity contribution in [3.05, 3.63) is 24.6 Å². The number of hydrogen-bond donors (Lipinski definition) is 0. The second kappa shape index (κ2) is 5.13. The third-order valence-corrected chi connectivity index (χ3v) is 2.70. The van der Waals surface area contributed by atoms with E-state index < -0.39 is 0 Å². The van der Waals surface area contributed by atoms with Crippen LogP contribution in [0, 0.1) is 17.8 Å². The molecule has 0 aliphatic heterocycles. The average Bonchev–Trinajstić information content (AvgIpc) is 2.12. The maximum absolute atomic E-state index is 13.1. The molecule has 0 fully saturated rings. The number of hydrogen-bond acceptors (Lipinski definition) is 0. The summed E-state index contributed by atoms with van der Waals surface area (Å²) in [6.45, 7) is 11.5. The molecule has 3 unspecified atom stereocenters. The van der Waals surface area contributed by atoms with Crippen LogP contribution in [0.1, 0.15) is 27.7 Å². The fourth-order valence-corrected chi connectivity index (χ4v) is 1.18. The van der Waals surface area contributed by atoms with Gasteiger partial charge in [0.15, 0.2) is 0 Å². The molecule has 0 saturated carbocycles. The summed E-state index contributed by atoms with van der Waals surface area (Å²) >= 11 is 0. The van der Waals surface area contributed by atoms with E-state index in [-0.39, 0.29) is 11.7 Å². The van der Waals surface area contributed by atoms with Crippen LogP contribution in [-0.4, -0.2) is 0 Å². The normalized spacial score (nSPS) is 19.9. The summed E-state index contributed by atoms with van der Waals surface area (Å²) < 4.78 is 13.1. The van der Waals surface area contributed by atoms with Crippen molar-refractivity contribution >= 4 is 0 Å². The Bertz CT molecular complexity index is 170. The Morgan fingerprint density at radius 1 is 1.33 bits per heavy atom. The van der Waals surface area contributed by atoms with Crippen molar-refractivity contribution in [3.63, 3.8) is 0 Å². The predicted octanol–water partition coefficient (Wildman–Crippen LogP) is 3.95. The molecular formula is C11H19F. The first-order valence-electron chi connectivity index (χ1n) is 4.48. The van der Waals surface area contributed by atoms with Gasteiger partial charge in [-0.1, -0.05) is 32.9 Å². The Morgan fingerprint density at radius 3 is 2.17 bits per heavy atom. The fourth-order valence-electron chi connectivity index (χ4n) is 1.18. The van der Waals surface area contributed by atoms with Gasteiger partial charge in [-0.3, -0.25) is 0 Å². The lowest BCUT2D eigenvalue weighted by Crippen LogP contribution is -2.15. The van der Waals surface area contributed by atoms with Gasteiger partial charge in [0.05, 0.1) is 5.83 Å². The van der Waals surface area contributed by atoms with Crippen molar-refractivity contribution in [2.24, 2.45) is 17.8 Å². The molecular weight excluding hydrogens is 151 g/mol. The van der Waals surface area contributed by atoms with Gasteiger partial charge >= 0.3 is 0 Å². The second-order valence-electron chi connectivity index (χ2n) is 3.42. The lowest BCUT2D eigenvalue weighted by Gasteiger charge is -2.22. The van der Waals surface area contributed by atoms with Crippen LogP contribution in [0.4, 0.5) is 4.39 Å². The Kier molecular flexibility index (Phi) is 4.87. The summed E-state index contributed by atoms with van der Waals surface area (Å²) in [5.41, 5.74) is 0. The average molecular weight is 170 g/mol. The lowest BCUT2D eigenvalue weighted by atomic mass is 9.84. The van der Waals surface area contributed by atoms with Crippen LogP contribution < -0.4 is 0 Å². The van der Waals surface area contributed by atoms with Crippen molar-refractivity contribution in [3.8, 4) is 0 Å². The summed E-state index contributed by atoms with van der Waals surface area (Å²) in [6.07, 6.45) is 3.42. The van der Waals surface area contributed by atoms with E-state index in [1.165, 1.54) is 6.08 Å². The minimum atomic E-state index is -0.0174. The molecule has 0 nitrogen and oxygen atoms in total. The van der Waals surface area contributed by atoms with E-state index in [0.29, 0.717) is 11.8 Å². The number of allylic oxidation sites excluding steroid dienone is 3. The molecule has 70 valence electrons. The summed E-state index contributed by atoms with van der Waals surface area (Å²) in [5.74, 6) is 0.670. The van der Waals surface area contributed by atoms with Crippen molar-refractivity contribution in [1.29, 1.82) is 0 Å². The molecule has 0 radical (unpaired) electrons. The fraction of sp³-hybridized carbons (Fsp3) is 0.636. The van der Waals surface area contributed by atoms with Gasteiger partial charge in [0.2, 0.25) is 0 Å². The first-order valence-corrected chi connectivity index (χ1v) is 4.48. The van der Waals surface area contributed by atoms with Crippen molar-refractivity contribution in [1.82, 2.24) is 0 Å². The molecule has 0 N–H and O–H groups in total. The van der Waals surface area contributed by atoms with Gasteiger partial charge in [-0.05, 0) is 18.8 Å². The number of halogens is 1. The minimum absolute atomic E-state index is 0.00278. The Balaban J connectivity index is 4.27. The predicted molar refractivity (Wildman–Crippen MR) is 52.6 cm³/mol. The van der Waals surface area contributed by atoms with Crippen LogP contribution in [0.3, 0.4) is 0 Å². The zero-order chi connectivity index (χ0) is 9.72. The third-order valence-electron chi connectivity index (χ3n) is 2.70. The Hall–Kier alpha value is -0.590. The quantitative estimate of drug-likeness (QED) is 0.560. The van der Waals surface area contributed by atoms with Crippen LogP contribution in [0.5, 0.6) is 0 Å². The molecule has 0 heterocycles. The first kappa shape index (κ1) is 11.4. The molecule has 12 heavy (non-hydrogen) atoms. The number of rotatable bonds is 4. The van der Waals surface area contributed by atoms with Crippen molar-refractivity contribution in [2.45, 2.75) is 27.7 Å². The van der Waals surface area contributed by atoms with Crippen LogP contribution in [0.15, 0.2) is 24.6 Å². The Morgan fingerprint density at radius 2 is 1.83 bits per heavy atom. The first-order chi connectivity index (χ1) is 5.54. The van der Waals surface area contributed by atoms with Crippen LogP contribution >= 0.6 is 0 Å². The van der Waals surface area contributed by atoms with Crippen LogP contribution in [0.2, 0.25) is 0 Å². The summed E-state index contributed by atoms with van der Waals surface area (Å²) in [5, 5.41) is 0. The highest BCUT2D eigenvalue weighted by Crippen LogP contribution is 2.27. The van der Waals surface area contributed by atoms with E-state index in [0.717, 1.165) is 0 Å². The Labute approximate surface area is 75.2 Å². The SMILES string of the molecule is C=CC(C)C(C)C(C)/C(F)=C\C.